The second-order valence-corrected chi connectivity index (χ2v) is 10.1. The fourth-order valence-electron chi connectivity index (χ4n) is 5.50. The molecule has 3 heterocycles. The first kappa shape index (κ1) is 24.0. The lowest BCUT2D eigenvalue weighted by Crippen LogP contribution is -2.18. The van der Waals surface area contributed by atoms with Gasteiger partial charge in [-0.2, -0.15) is 0 Å². The Morgan fingerprint density at radius 1 is 0.895 bits per heavy atom. The number of aromatic nitrogens is 2. The normalized spacial score (nSPS) is 14.6. The molecule has 0 saturated carbocycles. The van der Waals surface area contributed by atoms with Gasteiger partial charge in [0.2, 0.25) is 5.88 Å². The van der Waals surface area contributed by atoms with Gasteiger partial charge in [-0.1, -0.05) is 18.2 Å². The smallest absolute Gasteiger partial charge is 0.335 e. The Morgan fingerprint density at radius 3 is 2.34 bits per heavy atom. The van der Waals surface area contributed by atoms with Crippen molar-refractivity contribution in [2.45, 2.75) is 19.4 Å². The number of fused-ring (bicyclic) bond motifs is 2. The fraction of sp³-hybridized carbons (Fsp3) is 0.226. The molecular formula is C31H30N4O3. The van der Waals surface area contributed by atoms with Crippen LogP contribution in [0.1, 0.15) is 39.9 Å². The third-order valence-corrected chi connectivity index (χ3v) is 7.59. The van der Waals surface area contributed by atoms with Crippen LogP contribution >= 0.6 is 0 Å². The first-order valence-corrected chi connectivity index (χ1v) is 12.9. The summed E-state index contributed by atoms with van der Waals surface area (Å²) in [7, 11) is 3.78. The summed E-state index contributed by atoms with van der Waals surface area (Å²) in [5.41, 5.74) is 5.95. The minimum atomic E-state index is -1.01. The van der Waals surface area contributed by atoms with Crippen molar-refractivity contribution in [3.63, 3.8) is 0 Å². The number of aliphatic imine (C=N–C) groups is 1. The highest BCUT2D eigenvalue weighted by molar-refractivity contribution is 6.23. The van der Waals surface area contributed by atoms with Crippen molar-refractivity contribution in [1.82, 2.24) is 14.0 Å². The van der Waals surface area contributed by atoms with Crippen LogP contribution in [0.4, 0.5) is 5.69 Å². The van der Waals surface area contributed by atoms with E-state index in [2.05, 4.69) is 33.7 Å². The van der Waals surface area contributed by atoms with E-state index in [4.69, 9.17) is 4.99 Å². The van der Waals surface area contributed by atoms with Crippen LogP contribution in [-0.4, -0.2) is 49.0 Å². The van der Waals surface area contributed by atoms with E-state index >= 15 is 0 Å². The van der Waals surface area contributed by atoms with Gasteiger partial charge in [-0.15, -0.1) is 0 Å². The quantitative estimate of drug-likeness (QED) is 0.284. The summed E-state index contributed by atoms with van der Waals surface area (Å²) in [5, 5.41) is 22.7. The summed E-state index contributed by atoms with van der Waals surface area (Å²) in [5.74, 6) is -0.973. The van der Waals surface area contributed by atoms with Crippen LogP contribution in [0.25, 0.3) is 21.8 Å². The third kappa shape index (κ3) is 4.25. The summed E-state index contributed by atoms with van der Waals surface area (Å²) in [6.07, 6.45) is 4.53. The molecule has 2 aromatic heterocycles. The van der Waals surface area contributed by atoms with E-state index in [1.54, 1.807) is 29.8 Å². The maximum absolute atomic E-state index is 11.8. The average molecular weight is 507 g/mol. The molecule has 0 radical (unpaired) electrons. The van der Waals surface area contributed by atoms with Crippen LogP contribution in [-0.2, 0) is 20.6 Å². The van der Waals surface area contributed by atoms with Crippen molar-refractivity contribution >= 4 is 39.2 Å². The Bertz CT molecular complexity index is 1700. The van der Waals surface area contributed by atoms with Crippen molar-refractivity contribution in [3.8, 4) is 5.88 Å². The Balaban J connectivity index is 1.52. The van der Waals surface area contributed by atoms with Gasteiger partial charge in [-0.3, -0.25) is 4.90 Å². The Labute approximate surface area is 220 Å². The highest BCUT2D eigenvalue weighted by Crippen LogP contribution is 2.35. The molecule has 0 bridgehead atoms. The topological polar surface area (TPSA) is 83.0 Å². The van der Waals surface area contributed by atoms with Gasteiger partial charge in [0.05, 0.1) is 28.0 Å². The molecule has 2 N–H and O–H groups in total. The molecule has 0 unspecified atom stereocenters. The molecule has 0 amide bonds. The van der Waals surface area contributed by atoms with E-state index in [1.807, 2.05) is 37.5 Å². The van der Waals surface area contributed by atoms with Gasteiger partial charge >= 0.3 is 5.97 Å². The van der Waals surface area contributed by atoms with E-state index in [-0.39, 0.29) is 11.4 Å². The molecule has 1 fully saturated rings. The molecule has 1 aliphatic rings. The van der Waals surface area contributed by atoms with E-state index in [1.165, 1.54) is 18.4 Å². The number of carbonyl (C=O) groups is 1. The second kappa shape index (κ2) is 9.50. The fourth-order valence-corrected chi connectivity index (χ4v) is 5.50. The summed E-state index contributed by atoms with van der Waals surface area (Å²) >= 11 is 0. The zero-order valence-corrected chi connectivity index (χ0v) is 21.6. The van der Waals surface area contributed by atoms with E-state index in [9.17, 15) is 15.0 Å². The maximum Gasteiger partial charge on any atom is 0.335 e. The van der Waals surface area contributed by atoms with Crippen LogP contribution < -0.4 is 0 Å². The minimum absolute atomic E-state index is 0.0418. The molecule has 5 aromatic rings. The number of hydrogen-bond acceptors (Lipinski definition) is 4. The molecule has 6 rings (SSSR count). The van der Waals surface area contributed by atoms with Crippen LogP contribution in [0.2, 0.25) is 0 Å². The number of likely N-dealkylation sites (tertiary alicyclic amines) is 1. The van der Waals surface area contributed by atoms with Crippen LogP contribution in [0.3, 0.4) is 0 Å². The molecule has 192 valence electrons. The molecule has 3 aromatic carbocycles. The highest BCUT2D eigenvalue weighted by atomic mass is 16.4. The molecule has 7 nitrogen and oxygen atoms in total. The van der Waals surface area contributed by atoms with Crippen LogP contribution in [0, 0.1) is 0 Å². The zero-order valence-electron chi connectivity index (χ0n) is 21.6. The van der Waals surface area contributed by atoms with Crippen LogP contribution in [0.15, 0.2) is 77.9 Å². The lowest BCUT2D eigenvalue weighted by atomic mass is 9.98. The monoisotopic (exact) mass is 506 g/mol. The van der Waals surface area contributed by atoms with Gasteiger partial charge in [-0.05, 0) is 80.0 Å². The van der Waals surface area contributed by atoms with Crippen molar-refractivity contribution in [2.75, 3.05) is 13.1 Å². The number of carboxylic acid groups (broad SMARTS) is 1. The summed E-state index contributed by atoms with van der Waals surface area (Å²) in [6.45, 7) is 3.22. The molecule has 38 heavy (non-hydrogen) atoms. The largest absolute Gasteiger partial charge is 0.494 e. The number of aromatic carboxylic acids is 1. The molecule has 1 saturated heterocycles. The van der Waals surface area contributed by atoms with Crippen molar-refractivity contribution in [3.05, 3.63) is 95.2 Å². The van der Waals surface area contributed by atoms with Gasteiger partial charge in [0, 0.05) is 48.7 Å². The zero-order chi connectivity index (χ0) is 26.4. The number of hydrogen-bond donors (Lipinski definition) is 2. The Kier molecular flexibility index (Phi) is 6.00. The van der Waals surface area contributed by atoms with Gasteiger partial charge in [0.1, 0.15) is 0 Å². The summed E-state index contributed by atoms with van der Waals surface area (Å²) in [6, 6.07) is 21.3. The number of nitrogens with zero attached hydrogens (tertiary/aromatic N) is 4. The third-order valence-electron chi connectivity index (χ3n) is 7.59. The molecule has 7 heteroatoms. The molecule has 0 atom stereocenters. The van der Waals surface area contributed by atoms with Gasteiger partial charge < -0.3 is 19.3 Å². The average Bonchev–Trinajstić information content (AvgIpc) is 3.63. The second-order valence-electron chi connectivity index (χ2n) is 10.1. The number of aryl methyl sites for hydroxylation is 2. The summed E-state index contributed by atoms with van der Waals surface area (Å²) in [4.78, 5) is 19.3. The lowest BCUT2D eigenvalue weighted by Gasteiger charge is -2.14. The predicted molar refractivity (Wildman–Crippen MR) is 151 cm³/mol. The minimum Gasteiger partial charge on any atom is -0.494 e. The van der Waals surface area contributed by atoms with Gasteiger partial charge in [0.25, 0.3) is 0 Å². The molecule has 0 spiro atoms. The van der Waals surface area contributed by atoms with E-state index in [0.29, 0.717) is 16.7 Å². The Morgan fingerprint density at radius 2 is 1.61 bits per heavy atom. The highest BCUT2D eigenvalue weighted by Gasteiger charge is 2.23. The van der Waals surface area contributed by atoms with E-state index < -0.39 is 5.97 Å². The molecule has 0 aliphatic carbocycles. The first-order valence-electron chi connectivity index (χ1n) is 12.9. The SMILES string of the molecule is Cn1ccc2cc(C(=Nc3ccc(CN4CCCC4)cc3)c3c(O)n(C)c4ccc(C(=O)O)cc34)ccc21. The van der Waals surface area contributed by atoms with Gasteiger partial charge in [0.15, 0.2) is 0 Å². The van der Waals surface area contributed by atoms with Crippen LogP contribution in [0.5, 0.6) is 5.88 Å². The van der Waals surface area contributed by atoms with Crippen molar-refractivity contribution < 1.29 is 15.0 Å². The Hall–Kier alpha value is -4.36. The lowest BCUT2D eigenvalue weighted by molar-refractivity contribution is 0.0697. The number of rotatable bonds is 6. The number of benzene rings is 3. The predicted octanol–water partition coefficient (Wildman–Crippen LogP) is 5.84. The van der Waals surface area contributed by atoms with Crippen molar-refractivity contribution in [1.29, 1.82) is 0 Å². The maximum atomic E-state index is 11.8. The molecule has 1 aliphatic heterocycles. The van der Waals surface area contributed by atoms with Crippen molar-refractivity contribution in [2.24, 2.45) is 19.1 Å². The number of carboxylic acids is 1. The first-order chi connectivity index (χ1) is 18.4. The number of aromatic hydroxyl groups is 1. The standard InChI is InChI=1S/C31H30N4O3/c1-33-16-13-21-17-22(7-11-26(21)33)29(32-24-9-5-20(6-10-24)19-35-14-3-4-15-35)28-25-18-23(31(37)38)8-12-27(25)34(2)30(28)36/h5-13,16-18,36H,3-4,14-15,19H2,1-2H3,(H,37,38). The van der Waals surface area contributed by atoms with Gasteiger partial charge in [-0.25, -0.2) is 9.79 Å². The summed E-state index contributed by atoms with van der Waals surface area (Å²) < 4.78 is 3.73. The molecular weight excluding hydrogens is 476 g/mol. The van der Waals surface area contributed by atoms with E-state index in [0.717, 1.165) is 47.3 Å².